The highest BCUT2D eigenvalue weighted by molar-refractivity contribution is 5.85. The van der Waals surface area contributed by atoms with Crippen molar-refractivity contribution in [3.05, 3.63) is 35.9 Å². The van der Waals surface area contributed by atoms with Crippen LogP contribution in [0.25, 0.3) is 0 Å². The lowest BCUT2D eigenvalue weighted by molar-refractivity contribution is -0.127. The molecule has 1 aromatic carbocycles. The summed E-state index contributed by atoms with van der Waals surface area (Å²) in [6, 6.07) is 10.2. The van der Waals surface area contributed by atoms with Gasteiger partial charge in [-0.25, -0.2) is 4.99 Å². The third-order valence-electron chi connectivity index (χ3n) is 3.76. The third-order valence-corrected chi connectivity index (χ3v) is 3.76. The monoisotopic (exact) mass is 334 g/mol. The SMILES string of the molecule is COC(C)(C)CNC(=NCC(=O)N(C)C)NC(C)c1ccccc1. The van der Waals surface area contributed by atoms with Gasteiger partial charge in [-0.1, -0.05) is 30.3 Å². The van der Waals surface area contributed by atoms with Crippen LogP contribution in [0.4, 0.5) is 0 Å². The molecule has 1 unspecified atom stereocenters. The Kier molecular flexibility index (Phi) is 7.71. The predicted molar refractivity (Wildman–Crippen MR) is 98.1 cm³/mol. The summed E-state index contributed by atoms with van der Waals surface area (Å²) in [5, 5.41) is 6.59. The van der Waals surface area contributed by atoms with Gasteiger partial charge in [0.2, 0.25) is 5.91 Å². The Hall–Kier alpha value is -2.08. The highest BCUT2D eigenvalue weighted by Crippen LogP contribution is 2.11. The fourth-order valence-corrected chi connectivity index (χ4v) is 1.84. The van der Waals surface area contributed by atoms with Crippen LogP contribution in [0, 0.1) is 0 Å². The van der Waals surface area contributed by atoms with Gasteiger partial charge in [-0.15, -0.1) is 0 Å². The Morgan fingerprint density at radius 2 is 1.92 bits per heavy atom. The van der Waals surface area contributed by atoms with Crippen molar-refractivity contribution >= 4 is 11.9 Å². The molecule has 2 N–H and O–H groups in total. The van der Waals surface area contributed by atoms with Crippen molar-refractivity contribution in [2.45, 2.75) is 32.4 Å². The molecule has 1 amide bonds. The number of amides is 1. The van der Waals surface area contributed by atoms with Gasteiger partial charge in [-0.2, -0.15) is 0 Å². The first-order chi connectivity index (χ1) is 11.2. The topological polar surface area (TPSA) is 66.0 Å². The number of hydrogen-bond acceptors (Lipinski definition) is 3. The number of nitrogens with zero attached hydrogens (tertiary/aromatic N) is 2. The van der Waals surface area contributed by atoms with Crippen LogP contribution >= 0.6 is 0 Å². The van der Waals surface area contributed by atoms with E-state index in [1.54, 1.807) is 21.2 Å². The van der Waals surface area contributed by atoms with Gasteiger partial charge in [0.25, 0.3) is 0 Å². The first kappa shape index (κ1) is 20.0. The number of aliphatic imine (C=N–C) groups is 1. The van der Waals surface area contributed by atoms with Crippen molar-refractivity contribution in [1.29, 1.82) is 0 Å². The normalized spacial score (nSPS) is 13.3. The Bertz CT molecular complexity index is 541. The van der Waals surface area contributed by atoms with Crippen molar-refractivity contribution < 1.29 is 9.53 Å². The molecular weight excluding hydrogens is 304 g/mol. The molecule has 0 fully saturated rings. The van der Waals surface area contributed by atoms with Gasteiger partial charge in [-0.3, -0.25) is 4.79 Å². The summed E-state index contributed by atoms with van der Waals surface area (Å²) in [7, 11) is 5.12. The summed E-state index contributed by atoms with van der Waals surface area (Å²) in [6.07, 6.45) is 0. The van der Waals surface area contributed by atoms with Gasteiger partial charge < -0.3 is 20.3 Å². The Balaban J connectivity index is 2.79. The predicted octanol–water partition coefficient (Wildman–Crippen LogP) is 1.80. The molecule has 0 aliphatic carbocycles. The minimum Gasteiger partial charge on any atom is -0.377 e. The molecule has 0 aliphatic heterocycles. The van der Waals surface area contributed by atoms with Gasteiger partial charge >= 0.3 is 0 Å². The maximum atomic E-state index is 11.8. The zero-order valence-electron chi connectivity index (χ0n) is 15.6. The van der Waals surface area contributed by atoms with E-state index >= 15 is 0 Å². The van der Waals surface area contributed by atoms with E-state index in [0.29, 0.717) is 12.5 Å². The minimum absolute atomic E-state index is 0.0468. The van der Waals surface area contributed by atoms with Crippen LogP contribution in [0.1, 0.15) is 32.4 Å². The van der Waals surface area contributed by atoms with E-state index in [1.165, 1.54) is 4.90 Å². The van der Waals surface area contributed by atoms with Crippen molar-refractivity contribution in [2.75, 3.05) is 34.3 Å². The molecule has 1 rings (SSSR count). The zero-order valence-corrected chi connectivity index (χ0v) is 15.6. The molecule has 0 heterocycles. The number of methoxy groups -OCH3 is 1. The van der Waals surface area contributed by atoms with Crippen LogP contribution in [0.2, 0.25) is 0 Å². The molecule has 134 valence electrons. The zero-order chi connectivity index (χ0) is 18.2. The molecule has 1 atom stereocenters. The van der Waals surface area contributed by atoms with E-state index in [2.05, 4.69) is 34.7 Å². The van der Waals surface area contributed by atoms with Crippen LogP contribution in [0.5, 0.6) is 0 Å². The number of likely N-dealkylation sites (N-methyl/N-ethyl adjacent to an activating group) is 1. The first-order valence-electron chi connectivity index (χ1n) is 8.10. The Morgan fingerprint density at radius 1 is 1.29 bits per heavy atom. The van der Waals surface area contributed by atoms with Crippen LogP contribution in [-0.2, 0) is 9.53 Å². The van der Waals surface area contributed by atoms with Gasteiger partial charge in [-0.05, 0) is 26.3 Å². The molecule has 6 nitrogen and oxygen atoms in total. The second kappa shape index (κ2) is 9.27. The second-order valence-electron chi connectivity index (χ2n) is 6.55. The Morgan fingerprint density at radius 3 is 2.46 bits per heavy atom. The quantitative estimate of drug-likeness (QED) is 0.589. The summed E-state index contributed by atoms with van der Waals surface area (Å²) in [5.74, 6) is 0.543. The van der Waals surface area contributed by atoms with Gasteiger partial charge in [0.1, 0.15) is 6.54 Å². The number of carbonyl (C=O) groups excluding carboxylic acids is 1. The molecule has 1 aromatic rings. The van der Waals surface area contributed by atoms with Crippen molar-refractivity contribution in [1.82, 2.24) is 15.5 Å². The van der Waals surface area contributed by atoms with E-state index in [9.17, 15) is 4.79 Å². The molecule has 0 radical (unpaired) electrons. The fraction of sp³-hybridized carbons (Fsp3) is 0.556. The molecule has 0 spiro atoms. The van der Waals surface area contributed by atoms with E-state index in [-0.39, 0.29) is 24.1 Å². The minimum atomic E-state index is -0.329. The lowest BCUT2D eigenvalue weighted by atomic mass is 10.1. The van der Waals surface area contributed by atoms with Gasteiger partial charge in [0.05, 0.1) is 11.6 Å². The number of benzene rings is 1. The summed E-state index contributed by atoms with van der Waals surface area (Å²) in [4.78, 5) is 17.7. The number of rotatable bonds is 7. The van der Waals surface area contributed by atoms with Crippen LogP contribution in [-0.4, -0.2) is 56.7 Å². The molecule has 0 saturated heterocycles. The highest BCUT2D eigenvalue weighted by Gasteiger charge is 2.18. The van der Waals surface area contributed by atoms with Crippen LogP contribution in [0.3, 0.4) is 0 Å². The third kappa shape index (κ3) is 7.00. The second-order valence-corrected chi connectivity index (χ2v) is 6.55. The average molecular weight is 334 g/mol. The molecule has 0 aromatic heterocycles. The van der Waals surface area contributed by atoms with Crippen LogP contribution in [0.15, 0.2) is 35.3 Å². The standard InChI is InChI=1S/C18H30N4O2/c1-14(15-10-8-7-9-11-15)21-17(19-12-16(23)22(4)5)20-13-18(2,3)24-6/h7-11,14H,12-13H2,1-6H3,(H2,19,20,21). The number of ether oxygens (including phenoxy) is 1. The first-order valence-corrected chi connectivity index (χ1v) is 8.10. The summed E-state index contributed by atoms with van der Waals surface area (Å²) in [5.41, 5.74) is 0.821. The number of carbonyl (C=O) groups is 1. The molecule has 6 heteroatoms. The Labute approximate surface area is 145 Å². The van der Waals surface area contributed by atoms with E-state index in [0.717, 1.165) is 5.56 Å². The van der Waals surface area contributed by atoms with Gasteiger partial charge in [0, 0.05) is 27.7 Å². The summed E-state index contributed by atoms with van der Waals surface area (Å²) in [6.45, 7) is 6.71. The molecule has 0 aliphatic rings. The number of guanidine groups is 1. The maximum absolute atomic E-state index is 11.8. The number of nitrogens with one attached hydrogen (secondary N) is 2. The van der Waals surface area contributed by atoms with E-state index < -0.39 is 0 Å². The molecule has 0 bridgehead atoms. The van der Waals surface area contributed by atoms with Crippen LogP contribution < -0.4 is 10.6 Å². The summed E-state index contributed by atoms with van der Waals surface area (Å²) < 4.78 is 5.42. The fourth-order valence-electron chi connectivity index (χ4n) is 1.84. The summed E-state index contributed by atoms with van der Waals surface area (Å²) >= 11 is 0. The highest BCUT2D eigenvalue weighted by atomic mass is 16.5. The lowest BCUT2D eigenvalue weighted by Gasteiger charge is -2.26. The maximum Gasteiger partial charge on any atom is 0.243 e. The molecule has 24 heavy (non-hydrogen) atoms. The van der Waals surface area contributed by atoms with Crippen molar-refractivity contribution in [3.63, 3.8) is 0 Å². The number of hydrogen-bond donors (Lipinski definition) is 2. The molecular formula is C18H30N4O2. The lowest BCUT2D eigenvalue weighted by Crippen LogP contribution is -2.46. The van der Waals surface area contributed by atoms with E-state index in [1.807, 2.05) is 32.0 Å². The smallest absolute Gasteiger partial charge is 0.243 e. The average Bonchev–Trinajstić information content (AvgIpc) is 2.57. The largest absolute Gasteiger partial charge is 0.377 e. The van der Waals surface area contributed by atoms with Crippen molar-refractivity contribution in [2.24, 2.45) is 4.99 Å². The van der Waals surface area contributed by atoms with E-state index in [4.69, 9.17) is 4.74 Å². The van der Waals surface area contributed by atoms with Gasteiger partial charge in [0.15, 0.2) is 5.96 Å². The van der Waals surface area contributed by atoms with Crippen molar-refractivity contribution in [3.8, 4) is 0 Å². The molecule has 0 saturated carbocycles.